The fourth-order valence-corrected chi connectivity index (χ4v) is 5.33. The van der Waals surface area contributed by atoms with E-state index >= 15 is 0 Å². The molecule has 1 N–H and O–H groups in total. The van der Waals surface area contributed by atoms with E-state index in [0.717, 1.165) is 28.1 Å². The zero-order valence-corrected chi connectivity index (χ0v) is 23.5. The molecule has 0 radical (unpaired) electrons. The molecule has 2 amide bonds. The molecule has 0 fully saturated rings. The fourth-order valence-electron chi connectivity index (χ4n) is 4.19. The van der Waals surface area contributed by atoms with Crippen molar-refractivity contribution in [3.63, 3.8) is 0 Å². The minimum absolute atomic E-state index is 0.147. The molecule has 38 heavy (non-hydrogen) atoms. The van der Waals surface area contributed by atoms with Gasteiger partial charge in [-0.2, -0.15) is 0 Å². The van der Waals surface area contributed by atoms with Crippen molar-refractivity contribution in [3.8, 4) is 0 Å². The highest BCUT2D eigenvalue weighted by Gasteiger charge is 2.33. The molecule has 0 unspecified atom stereocenters. The molecule has 0 aromatic heterocycles. The molecule has 0 bridgehead atoms. The van der Waals surface area contributed by atoms with Crippen molar-refractivity contribution in [2.24, 2.45) is 0 Å². The van der Waals surface area contributed by atoms with Crippen molar-refractivity contribution < 1.29 is 18.0 Å². The van der Waals surface area contributed by atoms with Crippen molar-refractivity contribution in [1.29, 1.82) is 0 Å². The fraction of sp³-hybridized carbons (Fsp3) is 0.310. The average molecular weight is 556 g/mol. The molecule has 3 aromatic rings. The predicted molar refractivity (Wildman–Crippen MR) is 153 cm³/mol. The van der Waals surface area contributed by atoms with Crippen LogP contribution in [-0.2, 0) is 32.6 Å². The van der Waals surface area contributed by atoms with Crippen LogP contribution in [0.2, 0.25) is 5.02 Å². The number of anilines is 1. The lowest BCUT2D eigenvalue weighted by Crippen LogP contribution is -2.53. The van der Waals surface area contributed by atoms with Crippen molar-refractivity contribution >= 4 is 39.1 Å². The quantitative estimate of drug-likeness (QED) is 0.354. The van der Waals surface area contributed by atoms with E-state index in [2.05, 4.69) is 5.32 Å². The smallest absolute Gasteiger partial charge is 0.244 e. The number of carbonyl (C=O) groups excluding carboxylic acids is 2. The van der Waals surface area contributed by atoms with Gasteiger partial charge in [0.15, 0.2) is 0 Å². The Labute approximate surface area is 230 Å². The third kappa shape index (κ3) is 8.07. The Morgan fingerprint density at radius 2 is 1.55 bits per heavy atom. The van der Waals surface area contributed by atoms with Gasteiger partial charge in [-0.3, -0.25) is 13.9 Å². The molecule has 0 aliphatic rings. The maximum Gasteiger partial charge on any atom is 0.244 e. The van der Waals surface area contributed by atoms with Crippen LogP contribution in [-0.4, -0.2) is 50.5 Å². The van der Waals surface area contributed by atoms with E-state index in [1.54, 1.807) is 25.1 Å². The third-order valence-electron chi connectivity index (χ3n) is 6.12. The second-order valence-corrected chi connectivity index (χ2v) is 11.5. The molecule has 3 aromatic carbocycles. The number of benzene rings is 3. The Hall–Kier alpha value is -3.36. The highest BCUT2D eigenvalue weighted by molar-refractivity contribution is 7.92. The molecule has 7 nitrogen and oxygen atoms in total. The number of rotatable bonds is 12. The van der Waals surface area contributed by atoms with E-state index in [1.807, 2.05) is 67.6 Å². The number of nitrogens with zero attached hydrogens (tertiary/aromatic N) is 2. The SMILES string of the molecule is CCCNC(=O)[C@@H](Cc1ccccc1)N(Cc1ccccc1)C(=O)CN(c1ccc(Cl)cc1C)S(C)(=O)=O. The molecule has 9 heteroatoms. The summed E-state index contributed by atoms with van der Waals surface area (Å²) in [4.78, 5) is 28.9. The van der Waals surface area contributed by atoms with E-state index in [0.29, 0.717) is 22.8 Å². The summed E-state index contributed by atoms with van der Waals surface area (Å²) >= 11 is 6.09. The lowest BCUT2D eigenvalue weighted by Gasteiger charge is -2.33. The summed E-state index contributed by atoms with van der Waals surface area (Å²) in [6.07, 6.45) is 2.09. The van der Waals surface area contributed by atoms with E-state index in [-0.39, 0.29) is 18.9 Å². The standard InChI is InChI=1S/C29H34ClN3O4S/c1-4-17-31-29(35)27(19-23-11-7-5-8-12-23)32(20-24-13-9-6-10-14-24)28(34)21-33(38(3,36)37)26-16-15-25(30)18-22(26)2/h5-16,18,27H,4,17,19-21H2,1-3H3,(H,31,35)/t27-/m1/s1. The predicted octanol–water partition coefficient (Wildman–Crippen LogP) is 4.58. The molecule has 3 rings (SSSR count). The summed E-state index contributed by atoms with van der Waals surface area (Å²) in [5.41, 5.74) is 2.70. The molecule has 0 heterocycles. The first-order valence-corrected chi connectivity index (χ1v) is 14.7. The highest BCUT2D eigenvalue weighted by atomic mass is 35.5. The minimum atomic E-state index is -3.83. The van der Waals surface area contributed by atoms with Gasteiger partial charge in [0.25, 0.3) is 0 Å². The van der Waals surface area contributed by atoms with Crippen molar-refractivity contribution in [2.75, 3.05) is 23.7 Å². The van der Waals surface area contributed by atoms with Crippen molar-refractivity contribution in [1.82, 2.24) is 10.2 Å². The van der Waals surface area contributed by atoms with Gasteiger partial charge >= 0.3 is 0 Å². The van der Waals surface area contributed by atoms with Crippen LogP contribution in [0.5, 0.6) is 0 Å². The number of aryl methyl sites for hydroxylation is 1. The van der Waals surface area contributed by atoms with E-state index in [4.69, 9.17) is 11.6 Å². The Morgan fingerprint density at radius 3 is 2.11 bits per heavy atom. The summed E-state index contributed by atoms with van der Waals surface area (Å²) in [5.74, 6) is -0.769. The Balaban J connectivity index is 2.04. The van der Waals surface area contributed by atoms with Crippen molar-refractivity contribution in [2.45, 2.75) is 39.3 Å². The van der Waals surface area contributed by atoms with Gasteiger partial charge in [0.05, 0.1) is 11.9 Å². The average Bonchev–Trinajstić information content (AvgIpc) is 2.88. The first-order chi connectivity index (χ1) is 18.1. The van der Waals surface area contributed by atoms with Gasteiger partial charge < -0.3 is 10.2 Å². The number of amides is 2. The normalized spacial score (nSPS) is 12.0. The summed E-state index contributed by atoms with van der Waals surface area (Å²) in [6.45, 7) is 3.85. The summed E-state index contributed by atoms with van der Waals surface area (Å²) < 4.78 is 26.8. The van der Waals surface area contributed by atoms with Gasteiger partial charge in [0.2, 0.25) is 21.8 Å². The molecule has 202 valence electrons. The highest BCUT2D eigenvalue weighted by Crippen LogP contribution is 2.26. The third-order valence-corrected chi connectivity index (χ3v) is 7.48. The summed E-state index contributed by atoms with van der Waals surface area (Å²) in [5, 5.41) is 3.39. The van der Waals surface area contributed by atoms with Crippen LogP contribution >= 0.6 is 11.6 Å². The number of nitrogens with one attached hydrogen (secondary N) is 1. The number of hydrogen-bond donors (Lipinski definition) is 1. The van der Waals surface area contributed by atoms with Crippen LogP contribution in [0.3, 0.4) is 0 Å². The van der Waals surface area contributed by atoms with Gasteiger partial charge in [-0.25, -0.2) is 8.42 Å². The number of hydrogen-bond acceptors (Lipinski definition) is 4. The Bertz CT molecular complexity index is 1330. The van der Waals surface area contributed by atoms with Gasteiger partial charge in [-0.15, -0.1) is 0 Å². The lowest BCUT2D eigenvalue weighted by atomic mass is 10.0. The van der Waals surface area contributed by atoms with Crippen LogP contribution in [0, 0.1) is 6.92 Å². The van der Waals surface area contributed by atoms with Crippen LogP contribution in [0.15, 0.2) is 78.9 Å². The molecule has 1 atom stereocenters. The lowest BCUT2D eigenvalue weighted by molar-refractivity contribution is -0.140. The maximum absolute atomic E-state index is 14.0. The topological polar surface area (TPSA) is 86.8 Å². The van der Waals surface area contributed by atoms with Gasteiger partial charge in [0, 0.05) is 24.5 Å². The Kier molecular flexibility index (Phi) is 10.3. The molecular formula is C29H34ClN3O4S. The monoisotopic (exact) mass is 555 g/mol. The molecule has 0 aliphatic heterocycles. The van der Waals surface area contributed by atoms with Gasteiger partial charge in [-0.1, -0.05) is 79.2 Å². The molecule has 0 saturated heterocycles. The first kappa shape index (κ1) is 29.2. The zero-order chi connectivity index (χ0) is 27.7. The van der Waals surface area contributed by atoms with Gasteiger partial charge in [0.1, 0.15) is 12.6 Å². The summed E-state index contributed by atoms with van der Waals surface area (Å²) in [6, 6.07) is 22.8. The largest absolute Gasteiger partial charge is 0.354 e. The summed E-state index contributed by atoms with van der Waals surface area (Å²) in [7, 11) is -3.83. The van der Waals surface area contributed by atoms with E-state index in [9.17, 15) is 18.0 Å². The molecule has 0 aliphatic carbocycles. The Morgan fingerprint density at radius 1 is 0.947 bits per heavy atom. The van der Waals surface area contributed by atoms with E-state index < -0.39 is 28.5 Å². The second kappa shape index (κ2) is 13.4. The zero-order valence-electron chi connectivity index (χ0n) is 21.9. The maximum atomic E-state index is 14.0. The second-order valence-electron chi connectivity index (χ2n) is 9.20. The van der Waals surface area contributed by atoms with Crippen molar-refractivity contribution in [3.05, 3.63) is 101 Å². The molecular weight excluding hydrogens is 522 g/mol. The van der Waals surface area contributed by atoms with Gasteiger partial charge in [-0.05, 0) is 48.2 Å². The number of carbonyl (C=O) groups is 2. The molecule has 0 saturated carbocycles. The molecule has 0 spiro atoms. The van der Waals surface area contributed by atoms with Crippen LogP contribution in [0.1, 0.15) is 30.0 Å². The minimum Gasteiger partial charge on any atom is -0.354 e. The van der Waals surface area contributed by atoms with E-state index in [1.165, 1.54) is 4.90 Å². The van der Waals surface area contributed by atoms with Crippen LogP contribution in [0.25, 0.3) is 0 Å². The number of halogens is 1. The number of sulfonamides is 1. The van der Waals surface area contributed by atoms with Crippen LogP contribution < -0.4 is 9.62 Å². The first-order valence-electron chi connectivity index (χ1n) is 12.5. The van der Waals surface area contributed by atoms with Crippen LogP contribution in [0.4, 0.5) is 5.69 Å².